The number of hydrogen-bond donors (Lipinski definition) is 0. The summed E-state index contributed by atoms with van der Waals surface area (Å²) in [5.74, 6) is 0.690. The maximum Gasteiger partial charge on any atom is 0.240 e. The molecule has 6 heteroatoms. The second kappa shape index (κ2) is 8.72. The highest BCUT2D eigenvalue weighted by Crippen LogP contribution is 2.26. The quantitative estimate of drug-likeness (QED) is 0.717. The molecular formula is C19H32ClN3O2. The number of halogens is 1. The van der Waals surface area contributed by atoms with E-state index in [9.17, 15) is 9.59 Å². The molecule has 1 unspecified atom stereocenters. The van der Waals surface area contributed by atoms with E-state index in [1.165, 1.54) is 19.3 Å². The van der Waals surface area contributed by atoms with Crippen molar-refractivity contribution >= 4 is 23.4 Å². The lowest BCUT2D eigenvalue weighted by molar-refractivity contribution is -0.138. The molecule has 142 valence electrons. The molecule has 0 aromatic carbocycles. The maximum atomic E-state index is 12.7. The molecule has 0 bridgehead atoms. The molecule has 0 aromatic rings. The fraction of sp³-hybridized carbons (Fsp3) is 0.895. The van der Waals surface area contributed by atoms with Crippen LogP contribution in [0.3, 0.4) is 0 Å². The molecule has 3 rings (SSSR count). The summed E-state index contributed by atoms with van der Waals surface area (Å²) in [7, 11) is 0. The second-order valence-electron chi connectivity index (χ2n) is 7.87. The van der Waals surface area contributed by atoms with E-state index in [2.05, 4.69) is 9.80 Å². The molecule has 25 heavy (non-hydrogen) atoms. The van der Waals surface area contributed by atoms with Crippen molar-refractivity contribution in [2.24, 2.45) is 5.92 Å². The van der Waals surface area contributed by atoms with E-state index in [4.69, 9.17) is 11.6 Å². The average molecular weight is 370 g/mol. The molecule has 3 aliphatic heterocycles. The highest BCUT2D eigenvalue weighted by atomic mass is 35.5. The van der Waals surface area contributed by atoms with Crippen LogP contribution in [0.25, 0.3) is 0 Å². The van der Waals surface area contributed by atoms with Crippen LogP contribution in [0.15, 0.2) is 0 Å². The van der Waals surface area contributed by atoms with Crippen molar-refractivity contribution in [2.75, 3.05) is 39.3 Å². The first kappa shape index (κ1) is 19.0. The number of likely N-dealkylation sites (tertiary alicyclic amines) is 3. The zero-order valence-electron chi connectivity index (χ0n) is 15.5. The number of rotatable bonds is 3. The van der Waals surface area contributed by atoms with Gasteiger partial charge in [-0.15, -0.1) is 11.6 Å². The van der Waals surface area contributed by atoms with Gasteiger partial charge in [-0.25, -0.2) is 0 Å². The van der Waals surface area contributed by atoms with Crippen LogP contribution in [0.1, 0.15) is 51.9 Å². The van der Waals surface area contributed by atoms with Crippen LogP contribution in [-0.2, 0) is 9.59 Å². The van der Waals surface area contributed by atoms with Gasteiger partial charge in [-0.2, -0.15) is 0 Å². The summed E-state index contributed by atoms with van der Waals surface area (Å²) < 4.78 is 0. The Kier molecular flexibility index (Phi) is 6.61. The minimum atomic E-state index is -0.423. The summed E-state index contributed by atoms with van der Waals surface area (Å²) in [5.41, 5.74) is 0. The van der Waals surface area contributed by atoms with Gasteiger partial charge in [0.15, 0.2) is 0 Å². The van der Waals surface area contributed by atoms with E-state index >= 15 is 0 Å². The third kappa shape index (κ3) is 4.68. The maximum absolute atomic E-state index is 12.7. The first-order chi connectivity index (χ1) is 12.1. The predicted octanol–water partition coefficient (Wildman–Crippen LogP) is 2.33. The zero-order valence-corrected chi connectivity index (χ0v) is 16.2. The smallest absolute Gasteiger partial charge is 0.240 e. The van der Waals surface area contributed by atoms with Gasteiger partial charge in [0, 0.05) is 38.1 Å². The monoisotopic (exact) mass is 369 g/mol. The number of hydrogen-bond acceptors (Lipinski definition) is 3. The third-order valence-electron chi connectivity index (χ3n) is 6.18. The van der Waals surface area contributed by atoms with Gasteiger partial charge in [-0.05, 0) is 65.0 Å². The molecule has 0 N–H and O–H groups in total. The third-order valence-corrected chi connectivity index (χ3v) is 6.37. The average Bonchev–Trinajstić information content (AvgIpc) is 2.67. The summed E-state index contributed by atoms with van der Waals surface area (Å²) in [5, 5.41) is -0.423. The van der Waals surface area contributed by atoms with Gasteiger partial charge < -0.3 is 14.7 Å². The van der Waals surface area contributed by atoms with Crippen LogP contribution < -0.4 is 0 Å². The zero-order chi connectivity index (χ0) is 17.8. The highest BCUT2D eigenvalue weighted by molar-refractivity contribution is 6.30. The normalized spacial score (nSPS) is 25.8. The Balaban J connectivity index is 1.42. The Bertz CT molecular complexity index is 463. The van der Waals surface area contributed by atoms with Crippen LogP contribution >= 0.6 is 11.6 Å². The second-order valence-corrected chi connectivity index (χ2v) is 8.52. The van der Waals surface area contributed by atoms with Crippen LogP contribution in [0.5, 0.6) is 0 Å². The van der Waals surface area contributed by atoms with Crippen molar-refractivity contribution in [3.63, 3.8) is 0 Å². The summed E-state index contributed by atoms with van der Waals surface area (Å²) in [6.07, 6.45) is 7.65. The first-order valence-electron chi connectivity index (χ1n) is 10.0. The Morgan fingerprint density at radius 3 is 2.00 bits per heavy atom. The Labute approximate surface area is 156 Å². The minimum Gasteiger partial charge on any atom is -0.342 e. The van der Waals surface area contributed by atoms with E-state index in [1.54, 1.807) is 6.92 Å². The lowest BCUT2D eigenvalue weighted by Gasteiger charge is -2.42. The fourth-order valence-corrected chi connectivity index (χ4v) is 4.73. The van der Waals surface area contributed by atoms with Crippen LogP contribution in [0.4, 0.5) is 0 Å². The summed E-state index contributed by atoms with van der Waals surface area (Å²) in [4.78, 5) is 31.2. The Morgan fingerprint density at radius 2 is 1.44 bits per heavy atom. The molecule has 1 atom stereocenters. The summed E-state index contributed by atoms with van der Waals surface area (Å²) in [6.45, 7) is 7.35. The van der Waals surface area contributed by atoms with Crippen molar-refractivity contribution in [3.8, 4) is 0 Å². The van der Waals surface area contributed by atoms with E-state index < -0.39 is 5.38 Å². The number of alkyl halides is 1. The minimum absolute atomic E-state index is 0.0611. The van der Waals surface area contributed by atoms with E-state index in [0.29, 0.717) is 11.9 Å². The van der Waals surface area contributed by atoms with Gasteiger partial charge in [0.2, 0.25) is 11.8 Å². The van der Waals surface area contributed by atoms with Crippen molar-refractivity contribution in [3.05, 3.63) is 0 Å². The number of piperidine rings is 3. The topological polar surface area (TPSA) is 43.9 Å². The van der Waals surface area contributed by atoms with Crippen LogP contribution in [0.2, 0.25) is 0 Å². The molecule has 3 saturated heterocycles. The molecule has 3 fully saturated rings. The summed E-state index contributed by atoms with van der Waals surface area (Å²) >= 11 is 5.92. The van der Waals surface area contributed by atoms with Crippen molar-refractivity contribution in [1.29, 1.82) is 0 Å². The van der Waals surface area contributed by atoms with E-state index in [0.717, 1.165) is 65.0 Å². The fourth-order valence-electron chi connectivity index (χ4n) is 4.59. The van der Waals surface area contributed by atoms with Crippen molar-refractivity contribution in [1.82, 2.24) is 14.7 Å². The van der Waals surface area contributed by atoms with E-state index in [-0.39, 0.29) is 11.8 Å². The van der Waals surface area contributed by atoms with Gasteiger partial charge in [0.25, 0.3) is 0 Å². The predicted molar refractivity (Wildman–Crippen MR) is 99.6 cm³/mol. The first-order valence-corrected chi connectivity index (χ1v) is 10.5. The molecule has 5 nitrogen and oxygen atoms in total. The molecule has 0 radical (unpaired) electrons. The number of amides is 2. The molecule has 3 heterocycles. The lowest BCUT2D eigenvalue weighted by atomic mass is 9.91. The van der Waals surface area contributed by atoms with Crippen LogP contribution in [-0.4, -0.2) is 77.2 Å². The van der Waals surface area contributed by atoms with Crippen LogP contribution in [0, 0.1) is 5.92 Å². The molecule has 3 aliphatic rings. The van der Waals surface area contributed by atoms with E-state index in [1.807, 2.05) is 4.90 Å². The molecule has 2 amide bonds. The Morgan fingerprint density at radius 1 is 0.840 bits per heavy atom. The van der Waals surface area contributed by atoms with Gasteiger partial charge in [0.05, 0.1) is 0 Å². The number of carbonyl (C=O) groups is 2. The Hall–Kier alpha value is -0.810. The van der Waals surface area contributed by atoms with Crippen molar-refractivity contribution in [2.45, 2.75) is 63.3 Å². The molecule has 0 aromatic heterocycles. The largest absolute Gasteiger partial charge is 0.342 e. The number of nitrogens with zero attached hydrogens (tertiary/aromatic N) is 3. The van der Waals surface area contributed by atoms with Crippen molar-refractivity contribution < 1.29 is 9.59 Å². The molecule has 0 aliphatic carbocycles. The van der Waals surface area contributed by atoms with Gasteiger partial charge in [-0.1, -0.05) is 0 Å². The molecular weight excluding hydrogens is 338 g/mol. The van der Waals surface area contributed by atoms with Gasteiger partial charge in [-0.3, -0.25) is 9.59 Å². The lowest BCUT2D eigenvalue weighted by Crippen LogP contribution is -2.51. The standard InChI is InChI=1S/C19H32ClN3O2/c1-15(20)18(24)23-13-7-17(8-14-23)21-11-5-16(6-12-21)19(25)22-9-3-2-4-10-22/h15-17H,2-14H2,1H3. The molecule has 0 spiro atoms. The number of carbonyl (C=O) groups excluding carboxylic acids is 2. The SMILES string of the molecule is CC(Cl)C(=O)N1CCC(N2CCC(C(=O)N3CCCCC3)CC2)CC1. The highest BCUT2D eigenvalue weighted by Gasteiger charge is 2.33. The summed E-state index contributed by atoms with van der Waals surface area (Å²) in [6, 6.07) is 0.556. The van der Waals surface area contributed by atoms with Gasteiger partial charge in [0.1, 0.15) is 5.38 Å². The molecule has 0 saturated carbocycles. The van der Waals surface area contributed by atoms with Gasteiger partial charge >= 0.3 is 0 Å².